The van der Waals surface area contributed by atoms with Gasteiger partial charge in [0, 0.05) is 13.0 Å². The van der Waals surface area contributed by atoms with Gasteiger partial charge in [-0.3, -0.25) is 4.79 Å². The molecular formula is C13H26O4. The highest BCUT2D eigenvalue weighted by molar-refractivity contribution is 5.69. The van der Waals surface area contributed by atoms with Gasteiger partial charge in [0.2, 0.25) is 0 Å². The lowest BCUT2D eigenvalue weighted by molar-refractivity contribution is -0.147. The molecule has 4 nitrogen and oxygen atoms in total. The topological polar surface area (TPSA) is 55.8 Å². The van der Waals surface area contributed by atoms with E-state index in [1.54, 1.807) is 0 Å². The third-order valence-electron chi connectivity index (χ3n) is 2.38. The van der Waals surface area contributed by atoms with Gasteiger partial charge in [-0.05, 0) is 18.8 Å². The van der Waals surface area contributed by atoms with Crippen molar-refractivity contribution in [1.82, 2.24) is 0 Å². The average Bonchev–Trinajstić information content (AvgIpc) is 2.27. The summed E-state index contributed by atoms with van der Waals surface area (Å²) in [5.74, 6) is 0.251. The Labute approximate surface area is 104 Å². The first-order valence-corrected chi connectivity index (χ1v) is 6.51. The van der Waals surface area contributed by atoms with Crippen LogP contribution in [-0.4, -0.2) is 37.0 Å². The van der Waals surface area contributed by atoms with E-state index in [1.165, 1.54) is 0 Å². The number of hydrogen-bond acceptors (Lipinski definition) is 4. The summed E-state index contributed by atoms with van der Waals surface area (Å²) in [6.45, 7) is 7.08. The molecular weight excluding hydrogens is 220 g/mol. The fourth-order valence-corrected chi connectivity index (χ4v) is 1.49. The number of ether oxygens (including phenoxy) is 2. The van der Waals surface area contributed by atoms with Crippen LogP contribution in [0.3, 0.4) is 0 Å². The normalized spacial score (nSPS) is 14.4. The van der Waals surface area contributed by atoms with Crippen LogP contribution in [0.5, 0.6) is 0 Å². The van der Waals surface area contributed by atoms with Gasteiger partial charge in [0.15, 0.2) is 0 Å². The molecule has 1 N–H and O–H groups in total. The average molecular weight is 246 g/mol. The van der Waals surface area contributed by atoms with Gasteiger partial charge in [-0.1, -0.05) is 27.2 Å². The first kappa shape index (κ1) is 16.4. The molecule has 17 heavy (non-hydrogen) atoms. The molecule has 0 amide bonds. The Kier molecular flexibility index (Phi) is 10.2. The highest BCUT2D eigenvalue weighted by Gasteiger charge is 2.09. The Morgan fingerprint density at radius 3 is 2.47 bits per heavy atom. The van der Waals surface area contributed by atoms with E-state index >= 15 is 0 Å². The first-order valence-electron chi connectivity index (χ1n) is 6.51. The van der Waals surface area contributed by atoms with Gasteiger partial charge in [0.05, 0.1) is 6.61 Å². The molecule has 0 aromatic carbocycles. The zero-order valence-electron chi connectivity index (χ0n) is 11.3. The van der Waals surface area contributed by atoms with Gasteiger partial charge >= 0.3 is 5.97 Å². The monoisotopic (exact) mass is 246 g/mol. The van der Waals surface area contributed by atoms with Gasteiger partial charge in [-0.25, -0.2) is 0 Å². The van der Waals surface area contributed by atoms with Gasteiger partial charge < -0.3 is 14.6 Å². The summed E-state index contributed by atoms with van der Waals surface area (Å²) in [5.41, 5.74) is 0. The lowest BCUT2D eigenvalue weighted by Crippen LogP contribution is -2.24. The number of carbonyl (C=O) groups excluding carboxylic acids is 1. The van der Waals surface area contributed by atoms with Crippen molar-refractivity contribution in [3.63, 3.8) is 0 Å². The maximum Gasteiger partial charge on any atom is 0.305 e. The van der Waals surface area contributed by atoms with E-state index in [4.69, 9.17) is 9.47 Å². The summed E-state index contributed by atoms with van der Waals surface area (Å²) < 4.78 is 10.2. The molecule has 0 aromatic heterocycles. The number of aliphatic hydroxyl groups is 1. The molecule has 0 bridgehead atoms. The van der Waals surface area contributed by atoms with Crippen LogP contribution in [0.4, 0.5) is 0 Å². The summed E-state index contributed by atoms with van der Waals surface area (Å²) in [5, 5.41) is 9.51. The third-order valence-corrected chi connectivity index (χ3v) is 2.38. The van der Waals surface area contributed by atoms with Gasteiger partial charge in [0.25, 0.3) is 0 Å². The molecule has 0 saturated carbocycles. The third kappa shape index (κ3) is 10.3. The second kappa shape index (κ2) is 10.5. The van der Waals surface area contributed by atoms with Crippen LogP contribution < -0.4 is 0 Å². The smallest absolute Gasteiger partial charge is 0.305 e. The van der Waals surface area contributed by atoms with Crippen molar-refractivity contribution in [2.45, 2.75) is 52.6 Å². The fraction of sp³-hybridized carbons (Fsp3) is 0.923. The zero-order chi connectivity index (χ0) is 13.1. The second-order valence-corrected chi connectivity index (χ2v) is 4.52. The number of rotatable bonds is 10. The molecule has 2 atom stereocenters. The first-order chi connectivity index (χ1) is 8.10. The summed E-state index contributed by atoms with van der Waals surface area (Å²) >= 11 is 0. The minimum absolute atomic E-state index is 0.0288. The van der Waals surface area contributed by atoms with E-state index in [-0.39, 0.29) is 19.2 Å². The quantitative estimate of drug-likeness (QED) is 0.600. The highest BCUT2D eigenvalue weighted by Crippen LogP contribution is 2.05. The van der Waals surface area contributed by atoms with Crippen LogP contribution in [0.2, 0.25) is 0 Å². The number of hydrogen-bond donors (Lipinski definition) is 1. The molecule has 0 aliphatic carbocycles. The maximum absolute atomic E-state index is 11.0. The molecule has 0 radical (unpaired) electrons. The Hall–Kier alpha value is -0.610. The molecule has 0 heterocycles. The van der Waals surface area contributed by atoms with Crippen molar-refractivity contribution < 1.29 is 19.4 Å². The molecule has 0 aliphatic rings. The Balaban J connectivity index is 3.46. The van der Waals surface area contributed by atoms with Crippen molar-refractivity contribution in [1.29, 1.82) is 0 Å². The summed E-state index contributed by atoms with van der Waals surface area (Å²) in [6, 6.07) is 0. The molecule has 4 heteroatoms. The number of aliphatic hydroxyl groups excluding tert-OH is 1. The van der Waals surface area contributed by atoms with E-state index < -0.39 is 6.10 Å². The SMILES string of the molecule is CCCC(=O)OCC(O)COCC(C)CCC. The second-order valence-electron chi connectivity index (χ2n) is 4.52. The molecule has 0 aliphatic heterocycles. The predicted octanol–water partition coefficient (Wildman–Crippen LogP) is 2.14. The lowest BCUT2D eigenvalue weighted by atomic mass is 10.1. The lowest BCUT2D eigenvalue weighted by Gasteiger charge is -2.14. The van der Waals surface area contributed by atoms with Crippen LogP contribution in [0.1, 0.15) is 46.5 Å². The van der Waals surface area contributed by atoms with E-state index in [9.17, 15) is 9.90 Å². The van der Waals surface area contributed by atoms with Crippen LogP contribution in [0, 0.1) is 5.92 Å². The molecule has 2 unspecified atom stereocenters. The molecule has 102 valence electrons. The van der Waals surface area contributed by atoms with Gasteiger partial charge in [-0.2, -0.15) is 0 Å². The molecule has 0 saturated heterocycles. The Morgan fingerprint density at radius 2 is 1.88 bits per heavy atom. The molecule has 0 fully saturated rings. The van der Waals surface area contributed by atoms with Crippen LogP contribution in [0.25, 0.3) is 0 Å². The van der Waals surface area contributed by atoms with Crippen molar-refractivity contribution >= 4 is 5.97 Å². The number of carbonyl (C=O) groups is 1. The summed E-state index contributed by atoms with van der Waals surface area (Å²) in [6.07, 6.45) is 2.72. The van der Waals surface area contributed by atoms with E-state index in [0.29, 0.717) is 18.9 Å². The standard InChI is InChI=1S/C13H26O4/c1-4-6-11(3)8-16-9-12(14)10-17-13(15)7-5-2/h11-12,14H,4-10H2,1-3H3. The summed E-state index contributed by atoms with van der Waals surface area (Å²) in [4.78, 5) is 11.0. The maximum atomic E-state index is 11.0. The highest BCUT2D eigenvalue weighted by atomic mass is 16.5. The molecule has 0 rings (SSSR count). The van der Waals surface area contributed by atoms with Crippen molar-refractivity contribution in [3.8, 4) is 0 Å². The van der Waals surface area contributed by atoms with E-state index in [0.717, 1.165) is 19.3 Å². The minimum Gasteiger partial charge on any atom is -0.463 e. The summed E-state index contributed by atoms with van der Waals surface area (Å²) in [7, 11) is 0. The van der Waals surface area contributed by atoms with Crippen molar-refractivity contribution in [2.75, 3.05) is 19.8 Å². The van der Waals surface area contributed by atoms with Gasteiger partial charge in [0.1, 0.15) is 12.7 Å². The van der Waals surface area contributed by atoms with E-state index in [2.05, 4.69) is 13.8 Å². The Bertz CT molecular complexity index is 194. The Morgan fingerprint density at radius 1 is 1.18 bits per heavy atom. The minimum atomic E-state index is -0.718. The van der Waals surface area contributed by atoms with Crippen molar-refractivity contribution in [2.24, 2.45) is 5.92 Å². The van der Waals surface area contributed by atoms with Gasteiger partial charge in [-0.15, -0.1) is 0 Å². The predicted molar refractivity (Wildman–Crippen MR) is 66.8 cm³/mol. The van der Waals surface area contributed by atoms with E-state index in [1.807, 2.05) is 6.92 Å². The van der Waals surface area contributed by atoms with Crippen LogP contribution in [-0.2, 0) is 14.3 Å². The fourth-order valence-electron chi connectivity index (χ4n) is 1.49. The molecule has 0 spiro atoms. The largest absolute Gasteiger partial charge is 0.463 e. The number of esters is 1. The zero-order valence-corrected chi connectivity index (χ0v) is 11.3. The van der Waals surface area contributed by atoms with Crippen LogP contribution >= 0.6 is 0 Å². The molecule has 0 aromatic rings. The van der Waals surface area contributed by atoms with Crippen LogP contribution in [0.15, 0.2) is 0 Å². The van der Waals surface area contributed by atoms with Crippen molar-refractivity contribution in [3.05, 3.63) is 0 Å².